The van der Waals surface area contributed by atoms with Gasteiger partial charge in [0.1, 0.15) is 5.69 Å². The van der Waals surface area contributed by atoms with Crippen LogP contribution in [0.4, 0.5) is 10.1 Å². The van der Waals surface area contributed by atoms with Crippen LogP contribution in [0.5, 0.6) is 0 Å². The Kier molecular flexibility index (Phi) is 3.01. The summed E-state index contributed by atoms with van der Waals surface area (Å²) in [7, 11) is 1.81. The minimum Gasteiger partial charge on any atom is -0.425 e. The lowest BCUT2D eigenvalue weighted by Crippen LogP contribution is -1.89. The molecule has 1 N–H and O–H groups in total. The number of hydrogen-bond acceptors (Lipinski definition) is 5. The van der Waals surface area contributed by atoms with E-state index in [9.17, 15) is 4.39 Å². The summed E-state index contributed by atoms with van der Waals surface area (Å²) in [6, 6.07) is 4.83. The number of aromatic nitrogens is 3. The van der Waals surface area contributed by atoms with Gasteiger partial charge in [0.25, 0.3) is 5.89 Å². The third-order valence-corrected chi connectivity index (χ3v) is 2.59. The van der Waals surface area contributed by atoms with Crippen molar-refractivity contribution in [2.45, 2.75) is 0 Å². The van der Waals surface area contributed by atoms with Gasteiger partial charge in [-0.15, -0.1) is 0 Å². The summed E-state index contributed by atoms with van der Waals surface area (Å²) in [6.45, 7) is 0. The molecule has 5 nitrogen and oxygen atoms in total. The maximum absolute atomic E-state index is 13.4. The van der Waals surface area contributed by atoms with Crippen molar-refractivity contribution in [3.63, 3.8) is 0 Å². The van der Waals surface area contributed by atoms with E-state index in [-0.39, 0.29) is 17.1 Å². The molecule has 0 fully saturated rings. The van der Waals surface area contributed by atoms with E-state index in [1.807, 2.05) is 13.1 Å². The molecular formula is C14H9FN4O. The molecule has 0 saturated heterocycles. The fraction of sp³-hybridized carbons (Fsp3) is 0.0714. The standard InChI is InChI=1S/C14H9FN4O/c1-16-10-3-2-9(18-8-10)4-5-12-19-14-13(20-12)11(15)6-7-17-14/h2-3,6-8,16H,1H3. The SMILES string of the molecule is CNc1ccc(C#Cc2nc3nccc(F)c3o2)nc1. The number of rotatable bonds is 1. The molecule has 3 aromatic rings. The van der Waals surface area contributed by atoms with Crippen molar-refractivity contribution < 1.29 is 8.81 Å². The molecular weight excluding hydrogens is 259 g/mol. The zero-order valence-electron chi connectivity index (χ0n) is 10.5. The van der Waals surface area contributed by atoms with Crippen LogP contribution in [-0.4, -0.2) is 22.0 Å². The average molecular weight is 268 g/mol. The van der Waals surface area contributed by atoms with Crippen molar-refractivity contribution in [2.75, 3.05) is 12.4 Å². The van der Waals surface area contributed by atoms with Crippen LogP contribution in [0.1, 0.15) is 11.6 Å². The van der Waals surface area contributed by atoms with E-state index in [4.69, 9.17) is 4.42 Å². The van der Waals surface area contributed by atoms with Gasteiger partial charge < -0.3 is 9.73 Å². The molecule has 0 saturated carbocycles. The summed E-state index contributed by atoms with van der Waals surface area (Å²) in [6.07, 6.45) is 2.99. The minimum atomic E-state index is -0.507. The van der Waals surface area contributed by atoms with Gasteiger partial charge in [-0.1, -0.05) is 0 Å². The van der Waals surface area contributed by atoms with Crippen LogP contribution in [0, 0.1) is 17.7 Å². The van der Waals surface area contributed by atoms with Crippen LogP contribution in [0.25, 0.3) is 11.2 Å². The quantitative estimate of drug-likeness (QED) is 0.685. The molecule has 3 heterocycles. The zero-order valence-corrected chi connectivity index (χ0v) is 10.5. The number of pyridine rings is 2. The van der Waals surface area contributed by atoms with Crippen molar-refractivity contribution >= 4 is 16.9 Å². The first kappa shape index (κ1) is 12.1. The van der Waals surface area contributed by atoms with Crippen molar-refractivity contribution in [3.8, 4) is 11.8 Å². The highest BCUT2D eigenvalue weighted by Crippen LogP contribution is 2.15. The Morgan fingerprint density at radius 1 is 1.20 bits per heavy atom. The molecule has 0 aliphatic rings. The molecule has 0 spiro atoms. The van der Waals surface area contributed by atoms with Crippen LogP contribution in [0.2, 0.25) is 0 Å². The summed E-state index contributed by atoms with van der Waals surface area (Å²) < 4.78 is 18.6. The van der Waals surface area contributed by atoms with Crippen LogP contribution >= 0.6 is 0 Å². The molecule has 0 unspecified atom stereocenters. The van der Waals surface area contributed by atoms with E-state index in [1.165, 1.54) is 12.3 Å². The second kappa shape index (κ2) is 4.97. The summed E-state index contributed by atoms with van der Waals surface area (Å²) in [5, 5.41) is 2.96. The van der Waals surface area contributed by atoms with E-state index in [2.05, 4.69) is 32.1 Å². The van der Waals surface area contributed by atoms with Crippen LogP contribution in [0.3, 0.4) is 0 Å². The van der Waals surface area contributed by atoms with Gasteiger partial charge in [0.05, 0.1) is 11.9 Å². The number of anilines is 1. The summed E-state index contributed by atoms with van der Waals surface area (Å²) in [5.41, 5.74) is 1.67. The van der Waals surface area contributed by atoms with Gasteiger partial charge in [-0.25, -0.2) is 14.4 Å². The van der Waals surface area contributed by atoms with Gasteiger partial charge >= 0.3 is 0 Å². The second-order valence-corrected chi connectivity index (χ2v) is 3.90. The van der Waals surface area contributed by atoms with Crippen LogP contribution < -0.4 is 5.32 Å². The maximum Gasteiger partial charge on any atom is 0.276 e. The first-order valence-electron chi connectivity index (χ1n) is 5.83. The Balaban J connectivity index is 1.93. The average Bonchev–Trinajstić information content (AvgIpc) is 2.90. The van der Waals surface area contributed by atoms with Crippen molar-refractivity contribution in [2.24, 2.45) is 0 Å². The lowest BCUT2D eigenvalue weighted by molar-refractivity contribution is 0.544. The number of hydrogen-bond donors (Lipinski definition) is 1. The van der Waals surface area contributed by atoms with E-state index in [0.29, 0.717) is 5.69 Å². The summed E-state index contributed by atoms with van der Waals surface area (Å²) in [4.78, 5) is 12.0. The minimum absolute atomic E-state index is 0.00953. The van der Waals surface area contributed by atoms with Crippen molar-refractivity contribution in [1.29, 1.82) is 0 Å². The molecule has 0 amide bonds. The molecule has 0 aromatic carbocycles. The molecule has 0 aliphatic heterocycles. The van der Waals surface area contributed by atoms with Gasteiger partial charge in [0.15, 0.2) is 5.82 Å². The normalized spacial score (nSPS) is 10.1. The topological polar surface area (TPSA) is 63.8 Å². The number of fused-ring (bicyclic) bond motifs is 1. The predicted molar refractivity (Wildman–Crippen MR) is 71.5 cm³/mol. The third kappa shape index (κ3) is 2.29. The molecule has 20 heavy (non-hydrogen) atoms. The highest BCUT2D eigenvalue weighted by atomic mass is 19.1. The first-order valence-corrected chi connectivity index (χ1v) is 5.83. The largest absolute Gasteiger partial charge is 0.425 e. The molecule has 98 valence electrons. The molecule has 0 radical (unpaired) electrons. The summed E-state index contributed by atoms with van der Waals surface area (Å²) in [5.74, 6) is 5.10. The van der Waals surface area contributed by atoms with Crippen LogP contribution in [0.15, 0.2) is 35.0 Å². The van der Waals surface area contributed by atoms with E-state index in [0.717, 1.165) is 5.69 Å². The molecule has 0 bridgehead atoms. The Morgan fingerprint density at radius 3 is 2.80 bits per heavy atom. The second-order valence-electron chi connectivity index (χ2n) is 3.90. The van der Waals surface area contributed by atoms with Crippen molar-refractivity contribution in [3.05, 3.63) is 48.0 Å². The Hall–Kier alpha value is -2.94. The summed E-state index contributed by atoms with van der Waals surface area (Å²) >= 11 is 0. The Bertz CT molecular complexity index is 815. The van der Waals surface area contributed by atoms with Crippen LogP contribution in [-0.2, 0) is 0 Å². The molecule has 3 rings (SSSR count). The molecule has 0 atom stereocenters. The third-order valence-electron chi connectivity index (χ3n) is 2.59. The van der Waals surface area contributed by atoms with E-state index < -0.39 is 5.82 Å². The maximum atomic E-state index is 13.4. The van der Waals surface area contributed by atoms with Gasteiger partial charge in [-0.05, 0) is 30.0 Å². The number of oxazole rings is 1. The molecule has 0 aliphatic carbocycles. The fourth-order valence-corrected chi connectivity index (χ4v) is 1.59. The lowest BCUT2D eigenvalue weighted by Gasteiger charge is -1.96. The molecule has 3 aromatic heterocycles. The monoisotopic (exact) mass is 268 g/mol. The zero-order chi connectivity index (χ0) is 13.9. The van der Waals surface area contributed by atoms with E-state index >= 15 is 0 Å². The first-order chi connectivity index (χ1) is 9.76. The van der Waals surface area contributed by atoms with Gasteiger partial charge in [-0.3, -0.25) is 0 Å². The van der Waals surface area contributed by atoms with Gasteiger partial charge in [-0.2, -0.15) is 4.98 Å². The Morgan fingerprint density at radius 2 is 2.10 bits per heavy atom. The van der Waals surface area contributed by atoms with Crippen molar-refractivity contribution in [1.82, 2.24) is 15.0 Å². The van der Waals surface area contributed by atoms with E-state index in [1.54, 1.807) is 12.3 Å². The fourth-order valence-electron chi connectivity index (χ4n) is 1.59. The smallest absolute Gasteiger partial charge is 0.276 e. The highest BCUT2D eigenvalue weighted by molar-refractivity contribution is 5.68. The van der Waals surface area contributed by atoms with Gasteiger partial charge in [0.2, 0.25) is 11.2 Å². The molecule has 6 heteroatoms. The number of nitrogens with zero attached hydrogens (tertiary/aromatic N) is 3. The predicted octanol–water partition coefficient (Wildman–Crippen LogP) is 2.20. The highest BCUT2D eigenvalue weighted by Gasteiger charge is 2.08. The Labute approximate surface area is 113 Å². The lowest BCUT2D eigenvalue weighted by atomic mass is 10.3. The number of nitrogens with one attached hydrogen (secondary N) is 1. The van der Waals surface area contributed by atoms with Gasteiger partial charge in [0, 0.05) is 13.2 Å². The number of halogens is 1.